The minimum Gasteiger partial charge on any atom is -0.375 e. The van der Waals surface area contributed by atoms with Crippen molar-refractivity contribution in [3.63, 3.8) is 0 Å². The Morgan fingerprint density at radius 1 is 0.205 bits per heavy atom. The highest BCUT2D eigenvalue weighted by Gasteiger charge is 2.67. The van der Waals surface area contributed by atoms with E-state index in [1.165, 1.54) is 33.4 Å². The van der Waals surface area contributed by atoms with Crippen molar-refractivity contribution in [1.29, 1.82) is 0 Å². The van der Waals surface area contributed by atoms with E-state index in [0.29, 0.717) is 0 Å². The molecule has 3 aliphatic rings. The van der Waals surface area contributed by atoms with Crippen molar-refractivity contribution in [2.75, 3.05) is 0 Å². The highest BCUT2D eigenvalue weighted by molar-refractivity contribution is 6.37. The minimum absolute atomic E-state index is 0.640. The predicted octanol–water partition coefficient (Wildman–Crippen LogP) is 16.2. The monoisotopic (exact) mass is 950 g/mol. The van der Waals surface area contributed by atoms with Crippen LogP contribution in [-0.4, -0.2) is 7.32 Å². The summed E-state index contributed by atoms with van der Waals surface area (Å²) < 4.78 is 25.8. The Morgan fingerprint density at radius 3 is 0.548 bits per heavy atom. The van der Waals surface area contributed by atoms with Crippen LogP contribution in [0.2, 0.25) is 0 Å². The summed E-state index contributed by atoms with van der Waals surface area (Å²) in [7, 11) is -1.22. The zero-order valence-corrected chi connectivity index (χ0v) is 41.6. The van der Waals surface area contributed by atoms with Gasteiger partial charge in [-0.25, -0.2) is 0 Å². The summed E-state index contributed by atoms with van der Waals surface area (Å²) in [6, 6.07) is 99.9. The zero-order chi connectivity index (χ0) is 49.1. The molecule has 0 aliphatic heterocycles. The maximum absolute atomic E-state index is 8.61. The Balaban J connectivity index is 1.18. The third kappa shape index (κ3) is 7.52. The summed E-state index contributed by atoms with van der Waals surface area (Å²) >= 11 is 0. The quantitative estimate of drug-likeness (QED) is 0.0959. The first-order valence-corrected chi connectivity index (χ1v) is 26.6. The van der Waals surface area contributed by atoms with E-state index < -0.39 is 40.4 Å². The van der Waals surface area contributed by atoms with Crippen molar-refractivity contribution < 1.29 is 14.0 Å². The molecule has 3 fully saturated rings. The van der Waals surface area contributed by atoms with Crippen molar-refractivity contribution in [1.82, 2.24) is 0 Å². The molecule has 360 valence electrons. The van der Waals surface area contributed by atoms with E-state index in [-0.39, 0.29) is 0 Å². The number of hydrogen-bond donors (Lipinski definition) is 0. The lowest BCUT2D eigenvalue weighted by Crippen LogP contribution is -2.59. The molecule has 12 rings (SSSR count). The second-order valence-electron chi connectivity index (χ2n) is 20.7. The van der Waals surface area contributed by atoms with Gasteiger partial charge in [0.25, 0.3) is 0 Å². The second kappa shape index (κ2) is 19.7. The van der Waals surface area contributed by atoms with Gasteiger partial charge in [0.2, 0.25) is 0 Å². The van der Waals surface area contributed by atoms with Gasteiger partial charge in [-0.1, -0.05) is 273 Å². The molecule has 73 heavy (non-hydrogen) atoms. The lowest BCUT2D eigenvalue weighted by molar-refractivity contribution is -0.129. The minimum atomic E-state index is -1.22. The van der Waals surface area contributed by atoms with Gasteiger partial charge in [0.1, 0.15) is 0 Å². The van der Waals surface area contributed by atoms with Crippen LogP contribution in [0.5, 0.6) is 0 Å². The van der Waals surface area contributed by atoms with Gasteiger partial charge in [0.05, 0.1) is 33.0 Å². The zero-order valence-electron chi connectivity index (χ0n) is 41.6. The first-order valence-electron chi connectivity index (χ1n) is 26.6. The number of benzene rings is 9. The van der Waals surface area contributed by atoms with Gasteiger partial charge in [0.15, 0.2) is 0 Å². The predicted molar refractivity (Wildman–Crippen MR) is 296 cm³/mol. The normalized spacial score (nSPS) is 22.7. The van der Waals surface area contributed by atoms with Gasteiger partial charge >= 0.3 is 7.32 Å². The summed E-state index contributed by atoms with van der Waals surface area (Å²) in [6.07, 6.45) is 7.60. The molecule has 3 saturated carbocycles. The van der Waals surface area contributed by atoms with Crippen molar-refractivity contribution in [2.24, 2.45) is 0 Å². The lowest BCUT2D eigenvalue weighted by atomic mass is 9.60. The van der Waals surface area contributed by atoms with Gasteiger partial charge in [-0.05, 0) is 108 Å². The third-order valence-electron chi connectivity index (χ3n) is 17.5. The molecule has 0 aromatic heterocycles. The first-order chi connectivity index (χ1) is 36.1. The Morgan fingerprint density at radius 2 is 0.370 bits per heavy atom. The molecule has 0 bridgehead atoms. The molecular weight excluding hydrogens is 888 g/mol. The van der Waals surface area contributed by atoms with E-state index in [2.05, 4.69) is 273 Å². The van der Waals surface area contributed by atoms with Crippen molar-refractivity contribution in [2.45, 2.75) is 90.8 Å². The van der Waals surface area contributed by atoms with Gasteiger partial charge < -0.3 is 14.0 Å². The molecule has 3 aliphatic carbocycles. The summed E-state index contributed by atoms with van der Waals surface area (Å²) in [5, 5.41) is 0. The largest absolute Gasteiger partial charge is 0.641 e. The molecule has 0 radical (unpaired) electrons. The highest BCUT2D eigenvalue weighted by atomic mass is 16.8. The Hall–Kier alpha value is -7.08. The summed E-state index contributed by atoms with van der Waals surface area (Å²) in [4.78, 5) is 0. The Labute approximate surface area is 433 Å². The molecule has 0 heterocycles. The molecule has 9 aromatic rings. The maximum Gasteiger partial charge on any atom is 0.641 e. The molecule has 0 N–H and O–H groups in total. The number of hydrogen-bond acceptors (Lipinski definition) is 3. The fraction of sp³-hybridized carbons (Fsp3) is 0.217. The average Bonchev–Trinajstić information content (AvgIpc) is 4.20. The van der Waals surface area contributed by atoms with Crippen LogP contribution in [0.4, 0.5) is 0 Å². The van der Waals surface area contributed by atoms with Crippen molar-refractivity contribution >= 4 is 7.32 Å². The van der Waals surface area contributed by atoms with Gasteiger partial charge in [0, 0.05) is 0 Å². The van der Waals surface area contributed by atoms with Crippen LogP contribution in [0.15, 0.2) is 273 Å². The molecule has 0 saturated heterocycles. The lowest BCUT2D eigenvalue weighted by Gasteiger charge is -2.54. The average molecular weight is 951 g/mol. The summed E-state index contributed by atoms with van der Waals surface area (Å²) in [5.41, 5.74) is 5.75. The van der Waals surface area contributed by atoms with Crippen molar-refractivity contribution in [3.05, 3.63) is 323 Å². The van der Waals surface area contributed by atoms with Crippen molar-refractivity contribution in [3.8, 4) is 0 Å². The molecule has 3 nitrogen and oxygen atoms in total. The smallest absolute Gasteiger partial charge is 0.375 e. The molecular formula is C69H63BO3. The molecule has 4 heteroatoms. The Bertz CT molecular complexity index is 2710. The second-order valence-corrected chi connectivity index (χ2v) is 20.7. The SMILES string of the molecule is c1ccc(C2(OB(OC3(c4ccccc4)CCCC3(c3ccccc3)c3ccccc3)OC3(c4ccccc4)CCCC3(c3ccccc3)c3ccccc3)CCCC2(c2ccccc2)c2ccccc2)cc1. The van der Waals surface area contributed by atoms with E-state index in [0.717, 1.165) is 74.5 Å². The van der Waals surface area contributed by atoms with Gasteiger partial charge in [-0.15, -0.1) is 0 Å². The number of rotatable bonds is 15. The van der Waals surface area contributed by atoms with E-state index in [4.69, 9.17) is 14.0 Å². The first kappa shape index (κ1) is 47.0. The topological polar surface area (TPSA) is 27.7 Å². The van der Waals surface area contributed by atoms with E-state index in [1.807, 2.05) is 0 Å². The molecule has 0 spiro atoms. The summed E-state index contributed by atoms with van der Waals surface area (Å²) in [5.74, 6) is 0. The van der Waals surface area contributed by atoms with E-state index in [1.54, 1.807) is 0 Å². The third-order valence-corrected chi connectivity index (χ3v) is 17.5. The maximum atomic E-state index is 8.61. The fourth-order valence-electron chi connectivity index (χ4n) is 14.7. The standard InChI is InChI=1S/C69H63BO3/c1-10-31-55(32-11-1)64(56-33-12-2-13-34-56)49-28-52-67(64,61-43-22-7-23-44-61)71-70(72-68(62-45-24-8-25-46-62)53-29-50-65(68,57-35-14-3-15-36-57)58-37-16-4-17-38-58)73-69(63-47-26-9-27-48-63)54-30-51-66(69,59-39-18-5-19-40-59)60-41-20-6-21-42-60/h1-27,31-48H,28-30,49-54H2. The van der Waals surface area contributed by atoms with E-state index in [9.17, 15) is 0 Å². The van der Waals surface area contributed by atoms with Crippen LogP contribution in [0.1, 0.15) is 108 Å². The molecule has 0 amide bonds. The van der Waals surface area contributed by atoms with Crippen LogP contribution >= 0.6 is 0 Å². The van der Waals surface area contributed by atoms with Crippen LogP contribution in [0, 0.1) is 0 Å². The van der Waals surface area contributed by atoms with Crippen LogP contribution in [-0.2, 0) is 47.0 Å². The van der Waals surface area contributed by atoms with Gasteiger partial charge in [-0.2, -0.15) is 0 Å². The van der Waals surface area contributed by atoms with Crippen LogP contribution in [0.25, 0.3) is 0 Å². The molecule has 9 aromatic carbocycles. The Kier molecular flexibility index (Phi) is 12.7. The van der Waals surface area contributed by atoms with Crippen LogP contribution in [0.3, 0.4) is 0 Å². The van der Waals surface area contributed by atoms with Gasteiger partial charge in [-0.3, -0.25) is 0 Å². The molecule has 3 atom stereocenters. The fourth-order valence-corrected chi connectivity index (χ4v) is 14.7. The molecule has 3 unspecified atom stereocenters. The van der Waals surface area contributed by atoms with E-state index >= 15 is 0 Å². The van der Waals surface area contributed by atoms with Crippen LogP contribution < -0.4 is 0 Å². The summed E-state index contributed by atoms with van der Waals surface area (Å²) in [6.45, 7) is 0. The highest BCUT2D eigenvalue weighted by Crippen LogP contribution is 2.65.